The zero-order valence-electron chi connectivity index (χ0n) is 14.3. The molecular formula is C19H23N3O2. The molecule has 5 heteroatoms. The van der Waals surface area contributed by atoms with Gasteiger partial charge in [-0.1, -0.05) is 17.7 Å². The highest BCUT2D eigenvalue weighted by molar-refractivity contribution is 5.92. The standard InChI is InChI=1S/C19H23N3O2/c1-12-4-6-16(7-5-12)22-19(20)21-11-15-10-18-14(8-13(2)24-18)9-17(15)23-3/h4-7,9-10,13H,8,11H2,1-3H3,(H3,20,21,22). The van der Waals surface area contributed by atoms with Crippen molar-refractivity contribution in [1.82, 2.24) is 0 Å². The van der Waals surface area contributed by atoms with Crippen LogP contribution in [0.1, 0.15) is 23.6 Å². The summed E-state index contributed by atoms with van der Waals surface area (Å²) in [6.45, 7) is 4.54. The van der Waals surface area contributed by atoms with E-state index in [1.807, 2.05) is 43.3 Å². The number of aliphatic imine (C=N–C) groups is 1. The van der Waals surface area contributed by atoms with Gasteiger partial charge in [0.05, 0.1) is 13.7 Å². The Balaban J connectivity index is 1.73. The molecule has 0 radical (unpaired) electrons. The van der Waals surface area contributed by atoms with E-state index in [4.69, 9.17) is 15.2 Å². The number of rotatable bonds is 4. The molecule has 0 aromatic heterocycles. The number of nitrogens with zero attached hydrogens (tertiary/aromatic N) is 1. The van der Waals surface area contributed by atoms with Crippen molar-refractivity contribution < 1.29 is 9.47 Å². The number of ether oxygens (including phenoxy) is 2. The van der Waals surface area contributed by atoms with Gasteiger partial charge >= 0.3 is 0 Å². The van der Waals surface area contributed by atoms with Crippen LogP contribution in [0.2, 0.25) is 0 Å². The van der Waals surface area contributed by atoms with Gasteiger partial charge in [0.2, 0.25) is 0 Å². The van der Waals surface area contributed by atoms with E-state index in [1.54, 1.807) is 7.11 Å². The van der Waals surface area contributed by atoms with E-state index in [1.165, 1.54) is 11.1 Å². The van der Waals surface area contributed by atoms with Crippen LogP contribution >= 0.6 is 0 Å². The Morgan fingerprint density at radius 3 is 2.79 bits per heavy atom. The molecule has 3 N–H and O–H groups in total. The Morgan fingerprint density at radius 2 is 2.08 bits per heavy atom. The predicted octanol–water partition coefficient (Wildman–Crippen LogP) is 3.25. The van der Waals surface area contributed by atoms with Gasteiger partial charge in [0.25, 0.3) is 0 Å². The number of aryl methyl sites for hydroxylation is 1. The molecule has 2 aromatic rings. The number of hydrogen-bond acceptors (Lipinski definition) is 3. The Morgan fingerprint density at radius 1 is 1.33 bits per heavy atom. The number of fused-ring (bicyclic) bond motifs is 1. The molecular weight excluding hydrogens is 302 g/mol. The molecule has 2 aromatic carbocycles. The van der Waals surface area contributed by atoms with Gasteiger partial charge in [0.15, 0.2) is 5.96 Å². The molecule has 0 fully saturated rings. The first-order chi connectivity index (χ1) is 11.5. The molecule has 0 amide bonds. The third-order valence-electron chi connectivity index (χ3n) is 4.04. The molecule has 1 aliphatic rings. The number of nitrogens with one attached hydrogen (secondary N) is 1. The lowest BCUT2D eigenvalue weighted by Gasteiger charge is -2.10. The van der Waals surface area contributed by atoms with Crippen LogP contribution < -0.4 is 20.5 Å². The van der Waals surface area contributed by atoms with Crippen LogP contribution in [-0.2, 0) is 13.0 Å². The molecule has 3 rings (SSSR count). The van der Waals surface area contributed by atoms with Crippen molar-refractivity contribution in [3.63, 3.8) is 0 Å². The average Bonchev–Trinajstić information content (AvgIpc) is 2.93. The lowest BCUT2D eigenvalue weighted by atomic mass is 10.1. The Bertz CT molecular complexity index is 754. The van der Waals surface area contributed by atoms with E-state index in [-0.39, 0.29) is 6.10 Å². The largest absolute Gasteiger partial charge is 0.496 e. The van der Waals surface area contributed by atoms with E-state index in [2.05, 4.69) is 17.2 Å². The number of methoxy groups -OCH3 is 1. The highest BCUT2D eigenvalue weighted by atomic mass is 16.5. The molecule has 0 saturated carbocycles. The number of guanidine groups is 1. The average molecular weight is 325 g/mol. The van der Waals surface area contributed by atoms with Crippen LogP contribution in [0.15, 0.2) is 41.4 Å². The van der Waals surface area contributed by atoms with Gasteiger partial charge in [-0.05, 0) is 38.1 Å². The van der Waals surface area contributed by atoms with Crippen LogP contribution in [0.5, 0.6) is 11.5 Å². The van der Waals surface area contributed by atoms with E-state index in [9.17, 15) is 0 Å². The SMILES string of the molecule is COc1cc2c(cc1CN=C(N)Nc1ccc(C)cc1)OC(C)C2. The van der Waals surface area contributed by atoms with Gasteiger partial charge in [-0.25, -0.2) is 4.99 Å². The quantitative estimate of drug-likeness (QED) is 0.669. The lowest BCUT2D eigenvalue weighted by molar-refractivity contribution is 0.254. The second kappa shape index (κ2) is 6.83. The second-order valence-corrected chi connectivity index (χ2v) is 6.10. The highest BCUT2D eigenvalue weighted by Crippen LogP contribution is 2.35. The molecule has 1 unspecified atom stereocenters. The summed E-state index contributed by atoms with van der Waals surface area (Å²) in [5, 5.41) is 3.09. The predicted molar refractivity (Wildman–Crippen MR) is 96.9 cm³/mol. The first kappa shape index (κ1) is 16.2. The third kappa shape index (κ3) is 3.62. The molecule has 5 nitrogen and oxygen atoms in total. The van der Waals surface area contributed by atoms with E-state index in [0.29, 0.717) is 12.5 Å². The van der Waals surface area contributed by atoms with Crippen molar-refractivity contribution in [2.45, 2.75) is 32.9 Å². The maximum Gasteiger partial charge on any atom is 0.193 e. The summed E-state index contributed by atoms with van der Waals surface area (Å²) in [7, 11) is 1.67. The number of benzene rings is 2. The molecule has 1 atom stereocenters. The summed E-state index contributed by atoms with van der Waals surface area (Å²) < 4.78 is 11.3. The van der Waals surface area contributed by atoms with Crippen molar-refractivity contribution in [2.24, 2.45) is 10.7 Å². The van der Waals surface area contributed by atoms with E-state index >= 15 is 0 Å². The lowest BCUT2D eigenvalue weighted by Crippen LogP contribution is -2.22. The Hall–Kier alpha value is -2.69. The van der Waals surface area contributed by atoms with Crippen molar-refractivity contribution in [1.29, 1.82) is 0 Å². The number of nitrogens with two attached hydrogens (primary N) is 1. The minimum atomic E-state index is 0.205. The maximum absolute atomic E-state index is 5.98. The van der Waals surface area contributed by atoms with Crippen molar-refractivity contribution in [2.75, 3.05) is 12.4 Å². The topological polar surface area (TPSA) is 68.9 Å². The fraction of sp³-hybridized carbons (Fsp3) is 0.316. The van der Waals surface area contributed by atoms with Gasteiger partial charge < -0.3 is 20.5 Å². The van der Waals surface area contributed by atoms with Crippen molar-refractivity contribution >= 4 is 11.6 Å². The first-order valence-corrected chi connectivity index (χ1v) is 8.05. The van der Waals surface area contributed by atoms with Crippen LogP contribution in [-0.4, -0.2) is 19.2 Å². The van der Waals surface area contributed by atoms with Crippen LogP contribution in [0, 0.1) is 6.92 Å². The van der Waals surface area contributed by atoms with Crippen LogP contribution in [0.4, 0.5) is 5.69 Å². The van der Waals surface area contributed by atoms with Gasteiger partial charge in [-0.3, -0.25) is 0 Å². The smallest absolute Gasteiger partial charge is 0.193 e. The minimum Gasteiger partial charge on any atom is -0.496 e. The Kier molecular flexibility index (Phi) is 4.60. The monoisotopic (exact) mass is 325 g/mol. The molecule has 1 heterocycles. The molecule has 0 bridgehead atoms. The zero-order valence-corrected chi connectivity index (χ0v) is 14.3. The zero-order chi connectivity index (χ0) is 17.1. The number of hydrogen-bond donors (Lipinski definition) is 2. The molecule has 0 saturated heterocycles. The summed E-state index contributed by atoms with van der Waals surface area (Å²) in [5.74, 6) is 2.10. The van der Waals surface area contributed by atoms with Gasteiger partial charge in [-0.2, -0.15) is 0 Å². The first-order valence-electron chi connectivity index (χ1n) is 8.05. The third-order valence-corrected chi connectivity index (χ3v) is 4.04. The summed E-state index contributed by atoms with van der Waals surface area (Å²) in [5.41, 5.74) is 10.2. The van der Waals surface area contributed by atoms with Crippen molar-refractivity contribution in [3.05, 3.63) is 53.1 Å². The summed E-state index contributed by atoms with van der Waals surface area (Å²) >= 11 is 0. The van der Waals surface area contributed by atoms with E-state index in [0.717, 1.165) is 29.2 Å². The van der Waals surface area contributed by atoms with E-state index < -0.39 is 0 Å². The van der Waals surface area contributed by atoms with Crippen molar-refractivity contribution in [3.8, 4) is 11.5 Å². The normalized spacial score (nSPS) is 16.5. The second-order valence-electron chi connectivity index (χ2n) is 6.10. The summed E-state index contributed by atoms with van der Waals surface area (Å²) in [6.07, 6.45) is 1.11. The van der Waals surface area contributed by atoms with Crippen LogP contribution in [0.3, 0.4) is 0 Å². The van der Waals surface area contributed by atoms with Gasteiger partial charge in [0, 0.05) is 23.2 Å². The highest BCUT2D eigenvalue weighted by Gasteiger charge is 2.21. The molecule has 0 aliphatic carbocycles. The molecule has 24 heavy (non-hydrogen) atoms. The van der Waals surface area contributed by atoms with Gasteiger partial charge in [-0.15, -0.1) is 0 Å². The summed E-state index contributed by atoms with van der Waals surface area (Å²) in [4.78, 5) is 4.41. The minimum absolute atomic E-state index is 0.205. The van der Waals surface area contributed by atoms with Crippen LogP contribution in [0.25, 0.3) is 0 Å². The number of anilines is 1. The molecule has 0 spiro atoms. The fourth-order valence-electron chi connectivity index (χ4n) is 2.79. The summed E-state index contributed by atoms with van der Waals surface area (Å²) in [6, 6.07) is 12.0. The molecule has 126 valence electrons. The maximum atomic E-state index is 5.98. The fourth-order valence-corrected chi connectivity index (χ4v) is 2.79. The van der Waals surface area contributed by atoms with Gasteiger partial charge in [0.1, 0.15) is 17.6 Å². The molecule has 1 aliphatic heterocycles. The Labute approximate surface area is 142 Å².